The number of pyridine rings is 1. The minimum Gasteiger partial charge on any atom is -0.370 e. The Hall–Kier alpha value is -2.06. The summed E-state index contributed by atoms with van der Waals surface area (Å²) in [6.45, 7) is 0. The van der Waals surface area contributed by atoms with Crippen molar-refractivity contribution in [2.24, 2.45) is 16.5 Å². The molecule has 0 spiro atoms. The molecule has 5 N–H and O–H groups in total. The van der Waals surface area contributed by atoms with Crippen molar-refractivity contribution in [3.63, 3.8) is 0 Å². The van der Waals surface area contributed by atoms with Crippen LogP contribution in [0.3, 0.4) is 0 Å². The van der Waals surface area contributed by atoms with Gasteiger partial charge < -0.3 is 11.5 Å². The number of hydrogen-bond acceptors (Lipinski definition) is 4. The lowest BCUT2D eigenvalue weighted by molar-refractivity contribution is 1.01. The summed E-state index contributed by atoms with van der Waals surface area (Å²) in [4.78, 5) is 19.8. The number of halogens is 1. The maximum absolute atomic E-state index is 11.9. The van der Waals surface area contributed by atoms with Gasteiger partial charge in [0.2, 0.25) is 0 Å². The molecule has 9 heteroatoms. The van der Waals surface area contributed by atoms with Gasteiger partial charge in [-0.2, -0.15) is 4.99 Å². The summed E-state index contributed by atoms with van der Waals surface area (Å²) in [5.41, 5.74) is 11.1. The quantitative estimate of drug-likeness (QED) is 0.559. The van der Waals surface area contributed by atoms with E-state index in [0.717, 1.165) is 11.8 Å². The third-order valence-electron chi connectivity index (χ3n) is 2.26. The van der Waals surface area contributed by atoms with E-state index in [1.54, 1.807) is 12.1 Å². The molecule has 2 aromatic rings. The van der Waals surface area contributed by atoms with Gasteiger partial charge in [0.25, 0.3) is 5.56 Å². The zero-order valence-electron chi connectivity index (χ0n) is 10.2. The van der Waals surface area contributed by atoms with Gasteiger partial charge in [0.15, 0.2) is 11.1 Å². The first-order valence-corrected chi connectivity index (χ1v) is 6.81. The van der Waals surface area contributed by atoms with E-state index in [-0.39, 0.29) is 16.7 Å². The van der Waals surface area contributed by atoms with Crippen molar-refractivity contribution < 1.29 is 0 Å². The SMILES string of the molecule is N=C(N=C(N)N)SCc1cc(=O)n2cc(Cl)ccc2n1. The third kappa shape index (κ3) is 3.49. The lowest BCUT2D eigenvalue weighted by Crippen LogP contribution is -2.23. The Bertz CT molecular complexity index is 752. The lowest BCUT2D eigenvalue weighted by atomic mass is 10.4. The highest BCUT2D eigenvalue weighted by Gasteiger charge is 2.05. The number of nitrogens with zero attached hydrogens (tertiary/aromatic N) is 3. The summed E-state index contributed by atoms with van der Waals surface area (Å²) in [7, 11) is 0. The first-order chi connectivity index (χ1) is 9.45. The van der Waals surface area contributed by atoms with E-state index in [9.17, 15) is 4.79 Å². The maximum atomic E-state index is 11.9. The molecule has 20 heavy (non-hydrogen) atoms. The molecule has 0 atom stereocenters. The molecule has 0 aromatic carbocycles. The molecule has 2 aromatic heterocycles. The Labute approximate surface area is 123 Å². The summed E-state index contributed by atoms with van der Waals surface area (Å²) in [5.74, 6) is 0.146. The van der Waals surface area contributed by atoms with Crippen molar-refractivity contribution in [2.75, 3.05) is 0 Å². The topological polar surface area (TPSA) is 123 Å². The van der Waals surface area contributed by atoms with E-state index in [0.29, 0.717) is 22.1 Å². The molecular formula is C11H11ClN6OS. The van der Waals surface area contributed by atoms with Gasteiger partial charge in [-0.1, -0.05) is 23.4 Å². The summed E-state index contributed by atoms with van der Waals surface area (Å²) in [6, 6.07) is 4.69. The Morgan fingerprint density at radius 3 is 2.95 bits per heavy atom. The van der Waals surface area contributed by atoms with Gasteiger partial charge in [0.1, 0.15) is 5.65 Å². The second-order valence-corrected chi connectivity index (χ2v) is 5.19. The average Bonchev–Trinajstić information content (AvgIpc) is 2.36. The Kier molecular flexibility index (Phi) is 4.26. The second kappa shape index (κ2) is 5.93. The van der Waals surface area contributed by atoms with Crippen LogP contribution < -0.4 is 17.0 Å². The van der Waals surface area contributed by atoms with E-state index in [1.807, 2.05) is 0 Å². The normalized spacial score (nSPS) is 10.4. The van der Waals surface area contributed by atoms with E-state index < -0.39 is 0 Å². The molecule has 0 saturated heterocycles. The Morgan fingerprint density at radius 1 is 1.50 bits per heavy atom. The highest BCUT2D eigenvalue weighted by atomic mass is 35.5. The van der Waals surface area contributed by atoms with Gasteiger partial charge in [0.05, 0.1) is 10.7 Å². The number of thioether (sulfide) groups is 1. The Morgan fingerprint density at radius 2 is 2.25 bits per heavy atom. The molecule has 2 heterocycles. The van der Waals surface area contributed by atoms with Crippen LogP contribution in [0.5, 0.6) is 0 Å². The molecule has 0 radical (unpaired) electrons. The number of fused-ring (bicyclic) bond motifs is 1. The fraction of sp³-hybridized carbons (Fsp3) is 0.0909. The molecule has 0 saturated carbocycles. The van der Waals surface area contributed by atoms with Crippen LogP contribution in [0.1, 0.15) is 5.69 Å². The number of guanidine groups is 1. The van der Waals surface area contributed by atoms with Crippen LogP contribution in [-0.4, -0.2) is 20.5 Å². The van der Waals surface area contributed by atoms with E-state index in [1.165, 1.54) is 16.7 Å². The summed E-state index contributed by atoms with van der Waals surface area (Å²) >= 11 is 6.90. The van der Waals surface area contributed by atoms with Crippen LogP contribution in [0.25, 0.3) is 5.65 Å². The lowest BCUT2D eigenvalue weighted by Gasteiger charge is -2.04. The van der Waals surface area contributed by atoms with E-state index in [2.05, 4.69) is 9.98 Å². The number of rotatable bonds is 2. The van der Waals surface area contributed by atoms with Crippen LogP contribution in [0.2, 0.25) is 5.02 Å². The number of hydrogen-bond donors (Lipinski definition) is 3. The predicted octanol–water partition coefficient (Wildman–Crippen LogP) is 0.789. The maximum Gasteiger partial charge on any atom is 0.258 e. The fourth-order valence-electron chi connectivity index (χ4n) is 1.49. The molecular weight excluding hydrogens is 300 g/mol. The second-order valence-electron chi connectivity index (χ2n) is 3.79. The average molecular weight is 311 g/mol. The van der Waals surface area contributed by atoms with E-state index >= 15 is 0 Å². The molecule has 0 amide bonds. The largest absolute Gasteiger partial charge is 0.370 e. The van der Waals surface area contributed by atoms with Crippen molar-refractivity contribution in [2.45, 2.75) is 5.75 Å². The van der Waals surface area contributed by atoms with Gasteiger partial charge in [-0.05, 0) is 12.1 Å². The monoisotopic (exact) mass is 310 g/mol. The first-order valence-electron chi connectivity index (χ1n) is 5.44. The minimum absolute atomic E-state index is 0.0388. The van der Waals surface area contributed by atoms with Crippen molar-refractivity contribution in [3.8, 4) is 0 Å². The standard InChI is InChI=1S/C11H11ClN6OS/c12-6-1-2-8-16-7(3-9(19)18(8)4-6)5-20-11(15)17-10(13)14/h1-4H,5H2,(H5,13,14,15,17). The molecule has 2 rings (SSSR count). The van der Waals surface area contributed by atoms with Gasteiger partial charge in [-0.3, -0.25) is 14.6 Å². The molecule has 0 bridgehead atoms. The number of nitrogens with two attached hydrogens (primary N) is 2. The highest BCUT2D eigenvalue weighted by molar-refractivity contribution is 8.13. The van der Waals surface area contributed by atoms with Gasteiger partial charge in [-0.15, -0.1) is 0 Å². The van der Waals surface area contributed by atoms with Crippen LogP contribution in [0.15, 0.2) is 34.2 Å². The molecule has 0 unspecified atom stereocenters. The van der Waals surface area contributed by atoms with Crippen LogP contribution in [-0.2, 0) is 5.75 Å². The smallest absolute Gasteiger partial charge is 0.258 e. The summed E-state index contributed by atoms with van der Waals surface area (Å²) in [5, 5.41) is 7.92. The number of aliphatic imine (C=N–C) groups is 1. The first kappa shape index (κ1) is 14.4. The fourth-order valence-corrected chi connectivity index (χ4v) is 2.25. The van der Waals surface area contributed by atoms with Crippen LogP contribution >= 0.6 is 23.4 Å². The molecule has 7 nitrogen and oxygen atoms in total. The van der Waals surface area contributed by atoms with Gasteiger partial charge in [0, 0.05) is 18.0 Å². The minimum atomic E-state index is -0.235. The zero-order chi connectivity index (χ0) is 14.7. The summed E-state index contributed by atoms with van der Waals surface area (Å²) < 4.78 is 1.36. The molecule has 104 valence electrons. The summed E-state index contributed by atoms with van der Waals surface area (Å²) in [6.07, 6.45) is 1.50. The third-order valence-corrected chi connectivity index (χ3v) is 3.29. The van der Waals surface area contributed by atoms with E-state index in [4.69, 9.17) is 28.5 Å². The van der Waals surface area contributed by atoms with Crippen LogP contribution in [0, 0.1) is 5.41 Å². The number of amidine groups is 1. The van der Waals surface area contributed by atoms with Crippen LogP contribution in [0.4, 0.5) is 0 Å². The van der Waals surface area contributed by atoms with Gasteiger partial charge >= 0.3 is 0 Å². The Balaban J connectivity index is 2.24. The number of nitrogens with one attached hydrogen (secondary N) is 1. The molecule has 0 aliphatic rings. The predicted molar refractivity (Wildman–Crippen MR) is 81.3 cm³/mol. The molecule has 0 aliphatic carbocycles. The molecule has 0 fully saturated rings. The zero-order valence-corrected chi connectivity index (χ0v) is 11.8. The van der Waals surface area contributed by atoms with Gasteiger partial charge in [-0.25, -0.2) is 4.98 Å². The van der Waals surface area contributed by atoms with Crippen molar-refractivity contribution >= 4 is 40.1 Å². The number of aromatic nitrogens is 2. The van der Waals surface area contributed by atoms with Crippen molar-refractivity contribution in [1.29, 1.82) is 5.41 Å². The van der Waals surface area contributed by atoms with Crippen molar-refractivity contribution in [1.82, 2.24) is 9.38 Å². The highest BCUT2D eigenvalue weighted by Crippen LogP contribution is 2.13. The van der Waals surface area contributed by atoms with Crippen molar-refractivity contribution in [3.05, 3.63) is 45.5 Å². The molecule has 0 aliphatic heterocycles.